The second kappa shape index (κ2) is 5.66. The number of nitrogens with zero attached hydrogens (tertiary/aromatic N) is 3. The van der Waals surface area contributed by atoms with E-state index in [4.69, 9.17) is 21.1 Å². The average molecular weight is 300 g/mol. The number of halogens is 2. The summed E-state index contributed by atoms with van der Waals surface area (Å²) in [6.45, 7) is 0. The molecular weight excluding hydrogens is 293 g/mol. The van der Waals surface area contributed by atoms with Crippen molar-refractivity contribution < 1.29 is 18.8 Å². The Morgan fingerprint density at radius 2 is 2.20 bits per heavy atom. The Kier molecular flexibility index (Phi) is 3.94. The lowest BCUT2D eigenvalue weighted by Crippen LogP contribution is -1.98. The maximum Gasteiger partial charge on any atom is 0.311 e. The number of benzene rings is 1. The second-order valence-electron chi connectivity index (χ2n) is 3.48. The summed E-state index contributed by atoms with van der Waals surface area (Å²) in [5.41, 5.74) is -0.361. The molecular formula is C11H7ClFN3O4. The first-order valence-corrected chi connectivity index (χ1v) is 5.57. The Hall–Kier alpha value is -2.48. The Labute approximate surface area is 117 Å². The first-order chi connectivity index (χ1) is 9.51. The third kappa shape index (κ3) is 2.91. The summed E-state index contributed by atoms with van der Waals surface area (Å²) in [6.07, 6.45) is 0.802. The predicted octanol–water partition coefficient (Wildman–Crippen LogP) is 2.98. The van der Waals surface area contributed by atoms with Crippen molar-refractivity contribution in [2.24, 2.45) is 0 Å². The van der Waals surface area contributed by atoms with Crippen molar-refractivity contribution in [3.8, 4) is 17.4 Å². The number of methoxy groups -OCH3 is 1. The molecule has 0 amide bonds. The van der Waals surface area contributed by atoms with Crippen LogP contribution < -0.4 is 9.47 Å². The minimum atomic E-state index is -0.897. The van der Waals surface area contributed by atoms with E-state index >= 15 is 0 Å². The number of ether oxygens (including phenoxy) is 2. The molecule has 1 aromatic carbocycles. The summed E-state index contributed by atoms with van der Waals surface area (Å²) in [5, 5.41) is 10.7. The van der Waals surface area contributed by atoms with E-state index < -0.39 is 16.6 Å². The Bertz CT molecular complexity index is 668. The lowest BCUT2D eigenvalue weighted by Gasteiger charge is -2.07. The number of nitro groups is 1. The zero-order valence-electron chi connectivity index (χ0n) is 10.0. The molecule has 0 atom stereocenters. The normalized spacial score (nSPS) is 10.2. The second-order valence-corrected chi connectivity index (χ2v) is 3.82. The highest BCUT2D eigenvalue weighted by Crippen LogP contribution is 2.34. The Morgan fingerprint density at radius 1 is 1.45 bits per heavy atom. The monoisotopic (exact) mass is 299 g/mol. The van der Waals surface area contributed by atoms with E-state index in [2.05, 4.69) is 9.97 Å². The van der Waals surface area contributed by atoms with Crippen molar-refractivity contribution in [3.63, 3.8) is 0 Å². The molecule has 0 saturated carbocycles. The van der Waals surface area contributed by atoms with Crippen molar-refractivity contribution in [1.29, 1.82) is 0 Å². The van der Waals surface area contributed by atoms with Gasteiger partial charge in [0, 0.05) is 12.1 Å². The molecule has 0 aliphatic carbocycles. The minimum absolute atomic E-state index is 0.219. The molecule has 0 fully saturated rings. The number of hydrogen-bond donors (Lipinski definition) is 0. The SMILES string of the molecule is COc1ccc([N+](=O)[O-])c(Oc2nc(Cl)ncc2F)c1. The average Bonchev–Trinajstić information content (AvgIpc) is 2.42. The number of nitro benzene ring substituents is 1. The van der Waals surface area contributed by atoms with Crippen LogP contribution in [0.2, 0.25) is 5.28 Å². The van der Waals surface area contributed by atoms with Gasteiger partial charge in [0.1, 0.15) is 5.75 Å². The van der Waals surface area contributed by atoms with E-state index in [-0.39, 0.29) is 16.7 Å². The van der Waals surface area contributed by atoms with Crippen molar-refractivity contribution in [3.05, 3.63) is 45.6 Å². The zero-order valence-corrected chi connectivity index (χ0v) is 10.8. The fraction of sp³-hybridized carbons (Fsp3) is 0.0909. The van der Waals surface area contributed by atoms with Gasteiger partial charge in [-0.1, -0.05) is 0 Å². The first kappa shape index (κ1) is 13.9. The standard InChI is InChI=1S/C11H7ClFN3O4/c1-19-6-2-3-8(16(17)18)9(4-6)20-10-7(13)5-14-11(12)15-10/h2-5H,1H3. The summed E-state index contributed by atoms with van der Waals surface area (Å²) >= 11 is 5.52. The highest BCUT2D eigenvalue weighted by molar-refractivity contribution is 6.28. The van der Waals surface area contributed by atoms with Gasteiger partial charge in [-0.2, -0.15) is 9.37 Å². The van der Waals surface area contributed by atoms with Crippen LogP contribution in [0, 0.1) is 15.9 Å². The molecule has 0 saturated heterocycles. The van der Waals surface area contributed by atoms with E-state index in [1.54, 1.807) is 0 Å². The first-order valence-electron chi connectivity index (χ1n) is 5.19. The van der Waals surface area contributed by atoms with E-state index in [1.165, 1.54) is 25.3 Å². The molecule has 0 N–H and O–H groups in total. The molecule has 20 heavy (non-hydrogen) atoms. The molecule has 9 heteroatoms. The minimum Gasteiger partial charge on any atom is -0.497 e. The van der Waals surface area contributed by atoms with Crippen molar-refractivity contribution >= 4 is 17.3 Å². The molecule has 7 nitrogen and oxygen atoms in total. The van der Waals surface area contributed by atoms with Gasteiger partial charge >= 0.3 is 5.69 Å². The van der Waals surface area contributed by atoms with E-state index in [0.717, 1.165) is 6.20 Å². The molecule has 0 radical (unpaired) electrons. The van der Waals surface area contributed by atoms with Crippen LogP contribution in [-0.2, 0) is 0 Å². The quantitative estimate of drug-likeness (QED) is 0.490. The van der Waals surface area contributed by atoms with E-state index in [9.17, 15) is 14.5 Å². The van der Waals surface area contributed by atoms with Crippen LogP contribution in [0.1, 0.15) is 0 Å². The summed E-state index contributed by atoms with van der Waals surface area (Å²) in [5.74, 6) is -1.32. The van der Waals surface area contributed by atoms with Crippen LogP contribution >= 0.6 is 11.6 Å². The van der Waals surface area contributed by atoms with Gasteiger partial charge < -0.3 is 9.47 Å². The number of rotatable bonds is 4. The summed E-state index contributed by atoms with van der Waals surface area (Å²) in [7, 11) is 1.38. The van der Waals surface area contributed by atoms with Crippen LogP contribution in [0.4, 0.5) is 10.1 Å². The van der Waals surface area contributed by atoms with Gasteiger partial charge in [0.2, 0.25) is 16.9 Å². The lowest BCUT2D eigenvalue weighted by atomic mass is 10.3. The summed E-state index contributed by atoms with van der Waals surface area (Å²) in [4.78, 5) is 17.2. The highest BCUT2D eigenvalue weighted by Gasteiger charge is 2.19. The van der Waals surface area contributed by atoms with Crippen LogP contribution in [-0.4, -0.2) is 22.0 Å². The Balaban J connectivity index is 2.45. The number of hydrogen-bond acceptors (Lipinski definition) is 6. The van der Waals surface area contributed by atoms with Crippen molar-refractivity contribution in [2.45, 2.75) is 0 Å². The third-order valence-electron chi connectivity index (χ3n) is 2.25. The third-order valence-corrected chi connectivity index (χ3v) is 2.43. The molecule has 0 aliphatic heterocycles. The maximum atomic E-state index is 13.5. The van der Waals surface area contributed by atoms with Crippen LogP contribution in [0.5, 0.6) is 17.4 Å². The highest BCUT2D eigenvalue weighted by atomic mass is 35.5. The van der Waals surface area contributed by atoms with Gasteiger partial charge in [-0.15, -0.1) is 0 Å². The molecule has 0 bridgehead atoms. The molecule has 2 aromatic rings. The van der Waals surface area contributed by atoms with E-state index in [1.807, 2.05) is 0 Å². The Morgan fingerprint density at radius 3 is 2.85 bits per heavy atom. The van der Waals surface area contributed by atoms with Gasteiger partial charge in [-0.25, -0.2) is 4.98 Å². The van der Waals surface area contributed by atoms with Gasteiger partial charge in [-0.05, 0) is 17.7 Å². The molecule has 0 spiro atoms. The number of aromatic nitrogens is 2. The maximum absolute atomic E-state index is 13.5. The fourth-order valence-electron chi connectivity index (χ4n) is 1.36. The largest absolute Gasteiger partial charge is 0.497 e. The molecule has 0 unspecified atom stereocenters. The van der Waals surface area contributed by atoms with Gasteiger partial charge in [-0.3, -0.25) is 10.1 Å². The van der Waals surface area contributed by atoms with Gasteiger partial charge in [0.05, 0.1) is 18.2 Å². The molecule has 2 rings (SSSR count). The van der Waals surface area contributed by atoms with Gasteiger partial charge in [0.15, 0.2) is 0 Å². The molecule has 1 aromatic heterocycles. The lowest BCUT2D eigenvalue weighted by molar-refractivity contribution is -0.385. The topological polar surface area (TPSA) is 87.4 Å². The van der Waals surface area contributed by atoms with E-state index in [0.29, 0.717) is 5.75 Å². The van der Waals surface area contributed by atoms with Crippen LogP contribution in [0.25, 0.3) is 0 Å². The molecule has 104 valence electrons. The van der Waals surface area contributed by atoms with Gasteiger partial charge in [0.25, 0.3) is 5.88 Å². The smallest absolute Gasteiger partial charge is 0.311 e. The van der Waals surface area contributed by atoms with Crippen LogP contribution in [0.3, 0.4) is 0 Å². The van der Waals surface area contributed by atoms with Crippen molar-refractivity contribution in [1.82, 2.24) is 9.97 Å². The molecule has 1 heterocycles. The predicted molar refractivity (Wildman–Crippen MR) is 66.7 cm³/mol. The summed E-state index contributed by atoms with van der Waals surface area (Å²) in [6, 6.07) is 3.80. The zero-order chi connectivity index (χ0) is 14.7. The summed E-state index contributed by atoms with van der Waals surface area (Å²) < 4.78 is 23.5. The fourth-order valence-corrected chi connectivity index (χ4v) is 1.49. The van der Waals surface area contributed by atoms with Crippen LogP contribution in [0.15, 0.2) is 24.4 Å². The van der Waals surface area contributed by atoms with Crippen molar-refractivity contribution in [2.75, 3.05) is 7.11 Å². The molecule has 0 aliphatic rings.